The Bertz CT molecular complexity index is 811. The maximum absolute atomic E-state index is 11.5. The minimum Gasteiger partial charge on any atom is -0.492 e. The maximum Gasteiger partial charge on any atom is 0.347 e. The van der Waals surface area contributed by atoms with E-state index in [1.165, 1.54) is 9.96 Å². The second kappa shape index (κ2) is 8.31. The van der Waals surface area contributed by atoms with E-state index >= 15 is 0 Å². The van der Waals surface area contributed by atoms with Crippen LogP contribution >= 0.6 is 0 Å². The number of aromatic amines is 1. The number of nitrogens with zero attached hydrogens (tertiary/aromatic N) is 2. The number of pyridine rings is 1. The van der Waals surface area contributed by atoms with Gasteiger partial charge in [-0.15, -0.1) is 0 Å². The summed E-state index contributed by atoms with van der Waals surface area (Å²) in [5.41, 5.74) is 1.53. The summed E-state index contributed by atoms with van der Waals surface area (Å²) in [6.07, 6.45) is 4.66. The summed E-state index contributed by atoms with van der Waals surface area (Å²) in [4.78, 5) is 11.5. The van der Waals surface area contributed by atoms with Crippen molar-refractivity contribution in [3.05, 3.63) is 64.7 Å². The average molecular weight is 327 g/mol. The first-order valence-electron chi connectivity index (χ1n) is 8.14. The number of hydrogen-bond acceptors (Lipinski definition) is 4. The van der Waals surface area contributed by atoms with Gasteiger partial charge in [0.2, 0.25) is 0 Å². The number of nitrogens with one attached hydrogen (secondary N) is 1. The van der Waals surface area contributed by atoms with Gasteiger partial charge in [0.1, 0.15) is 5.75 Å². The van der Waals surface area contributed by atoms with Crippen molar-refractivity contribution in [3.8, 4) is 5.75 Å². The van der Waals surface area contributed by atoms with Gasteiger partial charge < -0.3 is 9.47 Å². The van der Waals surface area contributed by atoms with E-state index in [9.17, 15) is 4.79 Å². The van der Waals surface area contributed by atoms with Gasteiger partial charge >= 0.3 is 5.69 Å². The predicted octanol–water partition coefficient (Wildman–Crippen LogP) is 2.79. The van der Waals surface area contributed by atoms with E-state index < -0.39 is 0 Å². The van der Waals surface area contributed by atoms with E-state index in [4.69, 9.17) is 9.47 Å². The van der Waals surface area contributed by atoms with E-state index in [1.807, 2.05) is 24.3 Å². The van der Waals surface area contributed by atoms with Gasteiger partial charge in [0.25, 0.3) is 0 Å². The highest BCUT2D eigenvalue weighted by Gasteiger charge is 2.01. The first-order chi connectivity index (χ1) is 11.8. The van der Waals surface area contributed by atoms with Crippen molar-refractivity contribution in [2.45, 2.75) is 25.9 Å². The zero-order chi connectivity index (χ0) is 16.6. The summed E-state index contributed by atoms with van der Waals surface area (Å²) >= 11 is 0. The van der Waals surface area contributed by atoms with Crippen LogP contribution < -0.4 is 10.4 Å². The van der Waals surface area contributed by atoms with Crippen molar-refractivity contribution < 1.29 is 9.47 Å². The Balaban J connectivity index is 1.29. The number of aromatic nitrogens is 3. The summed E-state index contributed by atoms with van der Waals surface area (Å²) in [6, 6.07) is 13.7. The van der Waals surface area contributed by atoms with Crippen LogP contribution in [0.15, 0.2) is 53.5 Å². The molecule has 0 atom stereocenters. The van der Waals surface area contributed by atoms with Crippen molar-refractivity contribution >= 4 is 5.65 Å². The number of unbranched alkanes of at least 4 members (excludes halogenated alkanes) is 2. The summed E-state index contributed by atoms with van der Waals surface area (Å²) in [7, 11) is 0. The van der Waals surface area contributed by atoms with Crippen molar-refractivity contribution in [2.24, 2.45) is 0 Å². The van der Waals surface area contributed by atoms with Crippen LogP contribution in [-0.4, -0.2) is 27.8 Å². The van der Waals surface area contributed by atoms with E-state index in [0.29, 0.717) is 24.6 Å². The Morgan fingerprint density at radius 1 is 1.00 bits per heavy atom. The van der Waals surface area contributed by atoms with E-state index in [0.717, 1.165) is 25.9 Å². The van der Waals surface area contributed by atoms with Crippen LogP contribution in [-0.2, 0) is 11.3 Å². The van der Waals surface area contributed by atoms with Crippen molar-refractivity contribution in [3.63, 3.8) is 0 Å². The van der Waals surface area contributed by atoms with Crippen LogP contribution in [0, 0.1) is 0 Å². The predicted molar refractivity (Wildman–Crippen MR) is 91.3 cm³/mol. The number of H-pyrrole nitrogens is 1. The van der Waals surface area contributed by atoms with Gasteiger partial charge in [0.05, 0.1) is 19.4 Å². The molecule has 0 aliphatic rings. The molecule has 126 valence electrons. The smallest absolute Gasteiger partial charge is 0.347 e. The van der Waals surface area contributed by atoms with Gasteiger partial charge in [-0.3, -0.25) is 0 Å². The van der Waals surface area contributed by atoms with Crippen molar-refractivity contribution in [2.75, 3.05) is 13.2 Å². The van der Waals surface area contributed by atoms with Crippen LogP contribution in [0.4, 0.5) is 0 Å². The highest BCUT2D eigenvalue weighted by Crippen LogP contribution is 2.11. The van der Waals surface area contributed by atoms with Gasteiger partial charge in [0, 0.05) is 6.61 Å². The molecular weight excluding hydrogens is 306 g/mol. The lowest BCUT2D eigenvalue weighted by Crippen LogP contribution is -2.09. The third-order valence-electron chi connectivity index (χ3n) is 3.70. The second-order valence-electron chi connectivity index (χ2n) is 5.57. The largest absolute Gasteiger partial charge is 0.492 e. The van der Waals surface area contributed by atoms with Gasteiger partial charge in [-0.05, 0) is 37.0 Å². The minimum absolute atomic E-state index is 0.258. The molecule has 24 heavy (non-hydrogen) atoms. The van der Waals surface area contributed by atoms with Gasteiger partial charge in [-0.1, -0.05) is 30.3 Å². The van der Waals surface area contributed by atoms with Crippen LogP contribution in [0.25, 0.3) is 5.65 Å². The Hall–Kier alpha value is -2.60. The fourth-order valence-electron chi connectivity index (χ4n) is 2.41. The average Bonchev–Trinajstić information content (AvgIpc) is 2.99. The summed E-state index contributed by atoms with van der Waals surface area (Å²) in [6.45, 7) is 2.04. The summed E-state index contributed by atoms with van der Waals surface area (Å²) < 4.78 is 12.8. The Labute approximate surface area is 140 Å². The molecule has 0 aliphatic carbocycles. The fourth-order valence-corrected chi connectivity index (χ4v) is 2.41. The molecule has 0 spiro atoms. The zero-order valence-corrected chi connectivity index (χ0v) is 13.5. The SMILES string of the molecule is O=c1[nH]nc2ccc(OCCCCCOCc3ccccc3)cn12. The molecule has 2 aromatic heterocycles. The highest BCUT2D eigenvalue weighted by molar-refractivity contribution is 5.39. The molecule has 0 radical (unpaired) electrons. The molecule has 3 aromatic rings. The van der Waals surface area contributed by atoms with Crippen LogP contribution in [0.5, 0.6) is 5.75 Å². The molecule has 0 aliphatic heterocycles. The molecule has 0 saturated heterocycles. The molecule has 0 fully saturated rings. The molecule has 6 heteroatoms. The van der Waals surface area contributed by atoms with Crippen molar-refractivity contribution in [1.29, 1.82) is 0 Å². The lowest BCUT2D eigenvalue weighted by Gasteiger charge is -2.07. The van der Waals surface area contributed by atoms with Gasteiger partial charge in [-0.2, -0.15) is 5.10 Å². The zero-order valence-electron chi connectivity index (χ0n) is 13.5. The number of hydrogen-bond donors (Lipinski definition) is 1. The monoisotopic (exact) mass is 327 g/mol. The molecule has 0 unspecified atom stereocenters. The Morgan fingerprint density at radius 2 is 1.83 bits per heavy atom. The molecule has 2 heterocycles. The second-order valence-corrected chi connectivity index (χ2v) is 5.57. The molecular formula is C18H21N3O3. The quantitative estimate of drug-likeness (QED) is 0.614. The number of rotatable bonds is 9. The van der Waals surface area contributed by atoms with Crippen LogP contribution in [0.1, 0.15) is 24.8 Å². The fraction of sp³-hybridized carbons (Fsp3) is 0.333. The molecule has 1 N–H and O–H groups in total. The standard InChI is InChI=1S/C18H21N3O3/c22-18-20-19-17-10-9-16(13-21(17)18)24-12-6-2-5-11-23-14-15-7-3-1-4-8-15/h1,3-4,7-10,13H,2,5-6,11-12,14H2,(H,20,22). The minimum atomic E-state index is -0.258. The van der Waals surface area contributed by atoms with Crippen molar-refractivity contribution in [1.82, 2.24) is 14.6 Å². The third-order valence-corrected chi connectivity index (χ3v) is 3.70. The van der Waals surface area contributed by atoms with E-state index in [1.54, 1.807) is 12.3 Å². The van der Waals surface area contributed by atoms with Crippen LogP contribution in [0.3, 0.4) is 0 Å². The highest BCUT2D eigenvalue weighted by atomic mass is 16.5. The first kappa shape index (κ1) is 16.3. The summed E-state index contributed by atoms with van der Waals surface area (Å²) in [5, 5.41) is 6.27. The molecule has 3 rings (SSSR count). The van der Waals surface area contributed by atoms with Crippen LogP contribution in [0.2, 0.25) is 0 Å². The number of ether oxygens (including phenoxy) is 2. The Morgan fingerprint density at radius 3 is 2.71 bits per heavy atom. The molecule has 0 amide bonds. The first-order valence-corrected chi connectivity index (χ1v) is 8.14. The lowest BCUT2D eigenvalue weighted by atomic mass is 10.2. The van der Waals surface area contributed by atoms with Gasteiger partial charge in [-0.25, -0.2) is 14.3 Å². The Kier molecular flexibility index (Phi) is 5.63. The van der Waals surface area contributed by atoms with E-state index in [2.05, 4.69) is 22.3 Å². The molecule has 6 nitrogen and oxygen atoms in total. The third kappa shape index (κ3) is 4.45. The summed E-state index contributed by atoms with van der Waals surface area (Å²) in [5.74, 6) is 0.673. The molecule has 0 bridgehead atoms. The number of fused-ring (bicyclic) bond motifs is 1. The molecule has 0 saturated carbocycles. The maximum atomic E-state index is 11.5. The topological polar surface area (TPSA) is 68.6 Å². The number of benzene rings is 1. The van der Waals surface area contributed by atoms with Gasteiger partial charge in [0.15, 0.2) is 5.65 Å². The lowest BCUT2D eigenvalue weighted by molar-refractivity contribution is 0.116. The normalized spacial score (nSPS) is 11.0. The van der Waals surface area contributed by atoms with E-state index in [-0.39, 0.29) is 5.69 Å². The molecule has 1 aromatic carbocycles.